The maximum absolute atomic E-state index is 13.1. The molecule has 0 fully saturated rings. The summed E-state index contributed by atoms with van der Waals surface area (Å²) in [6.07, 6.45) is 13.8. The predicted octanol–water partition coefficient (Wildman–Crippen LogP) is 7.17. The lowest BCUT2D eigenvalue weighted by molar-refractivity contribution is 0.195. The number of oxime groups is 1. The summed E-state index contributed by atoms with van der Waals surface area (Å²) in [6.45, 7) is 8.67. The third kappa shape index (κ3) is 12.1. The summed E-state index contributed by atoms with van der Waals surface area (Å²) in [5.74, 6) is 0. The average molecular weight is 392 g/mol. The number of unbranched alkanes of at least 4 members (excludes halogenated alkanes) is 10. The second-order valence-corrected chi connectivity index (χ2v) is 9.53. The molecular weight excluding hydrogens is 349 g/mol. The van der Waals surface area contributed by atoms with Crippen LogP contribution in [0.25, 0.3) is 0 Å². The van der Waals surface area contributed by atoms with E-state index in [2.05, 4.69) is 19.0 Å². The SMILES string of the molecule is CCCCCCCCOP(=O)(OCCCCCCCC)C(C)C(C)=NO. The first-order chi connectivity index (χ1) is 12.5. The summed E-state index contributed by atoms with van der Waals surface area (Å²) < 4.78 is 24.6. The van der Waals surface area contributed by atoms with Crippen LogP contribution in [-0.4, -0.2) is 29.8 Å². The Bertz CT molecular complexity index is 379. The summed E-state index contributed by atoms with van der Waals surface area (Å²) in [6, 6.07) is 0. The molecule has 0 bridgehead atoms. The molecule has 0 rings (SSSR count). The van der Waals surface area contributed by atoms with E-state index < -0.39 is 13.3 Å². The number of hydrogen-bond acceptors (Lipinski definition) is 5. The van der Waals surface area contributed by atoms with Gasteiger partial charge in [-0.15, -0.1) is 0 Å². The molecule has 0 saturated heterocycles. The molecule has 26 heavy (non-hydrogen) atoms. The minimum absolute atomic E-state index is 0.388. The maximum atomic E-state index is 13.1. The lowest BCUT2D eigenvalue weighted by Crippen LogP contribution is -2.18. The van der Waals surface area contributed by atoms with Crippen molar-refractivity contribution in [3.63, 3.8) is 0 Å². The molecule has 5 nitrogen and oxygen atoms in total. The van der Waals surface area contributed by atoms with Crippen molar-refractivity contribution < 1.29 is 18.8 Å². The van der Waals surface area contributed by atoms with Gasteiger partial charge in [-0.2, -0.15) is 0 Å². The van der Waals surface area contributed by atoms with Crippen LogP contribution in [0.2, 0.25) is 0 Å². The molecule has 0 amide bonds. The van der Waals surface area contributed by atoms with Gasteiger partial charge in [-0.1, -0.05) is 83.2 Å². The molecular formula is C20H42NO4P. The Hall–Kier alpha value is -0.380. The fourth-order valence-corrected chi connectivity index (χ4v) is 4.52. The molecule has 0 spiro atoms. The van der Waals surface area contributed by atoms with Gasteiger partial charge in [-0.3, -0.25) is 4.57 Å². The molecule has 0 radical (unpaired) electrons. The Morgan fingerprint density at radius 1 is 0.846 bits per heavy atom. The molecule has 0 aromatic heterocycles. The lowest BCUT2D eigenvalue weighted by Gasteiger charge is -2.24. The van der Waals surface area contributed by atoms with Crippen LogP contribution < -0.4 is 0 Å². The number of nitrogens with zero attached hydrogens (tertiary/aromatic N) is 1. The zero-order chi connectivity index (χ0) is 19.7. The highest BCUT2D eigenvalue weighted by atomic mass is 31.2. The first-order valence-electron chi connectivity index (χ1n) is 10.6. The molecule has 1 unspecified atom stereocenters. The van der Waals surface area contributed by atoms with Gasteiger partial charge in [0, 0.05) is 0 Å². The maximum Gasteiger partial charge on any atom is 0.339 e. The van der Waals surface area contributed by atoms with Crippen molar-refractivity contribution in [1.29, 1.82) is 0 Å². The van der Waals surface area contributed by atoms with Crippen LogP contribution in [0.5, 0.6) is 0 Å². The van der Waals surface area contributed by atoms with E-state index >= 15 is 0 Å². The summed E-state index contributed by atoms with van der Waals surface area (Å²) >= 11 is 0. The van der Waals surface area contributed by atoms with Gasteiger partial charge in [-0.25, -0.2) is 0 Å². The van der Waals surface area contributed by atoms with E-state index in [1.165, 1.54) is 51.4 Å². The standard InChI is InChI=1S/C20H42NO4P/c1-5-7-9-11-13-15-17-24-26(23,20(4)19(3)21-22)25-18-16-14-12-10-8-6-2/h20,22H,5-18H2,1-4H3. The van der Waals surface area contributed by atoms with E-state index in [-0.39, 0.29) is 0 Å². The zero-order valence-electron chi connectivity index (χ0n) is 17.5. The molecule has 0 aromatic carbocycles. The van der Waals surface area contributed by atoms with Crippen LogP contribution in [-0.2, 0) is 13.6 Å². The zero-order valence-corrected chi connectivity index (χ0v) is 18.4. The summed E-state index contributed by atoms with van der Waals surface area (Å²) in [4.78, 5) is 0. The van der Waals surface area contributed by atoms with E-state index in [1.54, 1.807) is 13.8 Å². The van der Waals surface area contributed by atoms with Crippen LogP contribution in [0.3, 0.4) is 0 Å². The smallest absolute Gasteiger partial charge is 0.339 e. The van der Waals surface area contributed by atoms with Crippen LogP contribution in [0.1, 0.15) is 105 Å². The van der Waals surface area contributed by atoms with Gasteiger partial charge in [0.25, 0.3) is 0 Å². The molecule has 156 valence electrons. The Kier molecular flexibility index (Phi) is 16.5. The second kappa shape index (κ2) is 16.8. The molecule has 0 heterocycles. The average Bonchev–Trinajstić information content (AvgIpc) is 2.65. The summed E-state index contributed by atoms with van der Waals surface area (Å²) in [7, 11) is -3.30. The van der Waals surface area contributed by atoms with Crippen molar-refractivity contribution in [2.45, 2.75) is 110 Å². The van der Waals surface area contributed by atoms with Gasteiger partial charge < -0.3 is 14.3 Å². The first kappa shape index (κ1) is 25.6. The molecule has 1 atom stereocenters. The topological polar surface area (TPSA) is 68.1 Å². The predicted molar refractivity (Wildman–Crippen MR) is 111 cm³/mol. The number of hydrogen-bond donors (Lipinski definition) is 1. The summed E-state index contributed by atoms with van der Waals surface area (Å²) in [5, 5.41) is 12.2. The van der Waals surface area contributed by atoms with Gasteiger partial charge in [0.2, 0.25) is 0 Å². The molecule has 0 aliphatic carbocycles. The third-order valence-corrected chi connectivity index (χ3v) is 7.18. The Labute approximate surface area is 161 Å². The largest absolute Gasteiger partial charge is 0.411 e. The Morgan fingerprint density at radius 3 is 1.62 bits per heavy atom. The third-order valence-electron chi connectivity index (χ3n) is 4.77. The molecule has 6 heteroatoms. The van der Waals surface area contributed by atoms with Crippen LogP contribution in [0, 0.1) is 0 Å². The quantitative estimate of drug-likeness (QED) is 0.0884. The van der Waals surface area contributed by atoms with E-state index in [9.17, 15) is 4.57 Å². The minimum Gasteiger partial charge on any atom is -0.411 e. The normalized spacial score (nSPS) is 13.9. The number of rotatable bonds is 18. The van der Waals surface area contributed by atoms with Crippen molar-refractivity contribution in [2.75, 3.05) is 13.2 Å². The fourth-order valence-electron chi connectivity index (χ4n) is 2.72. The lowest BCUT2D eigenvalue weighted by atomic mass is 10.1. The monoisotopic (exact) mass is 391 g/mol. The van der Waals surface area contributed by atoms with Crippen LogP contribution >= 0.6 is 7.60 Å². The van der Waals surface area contributed by atoms with Crippen molar-refractivity contribution in [1.82, 2.24) is 0 Å². The van der Waals surface area contributed by atoms with Gasteiger partial charge in [-0.05, 0) is 26.7 Å². The van der Waals surface area contributed by atoms with Gasteiger partial charge in [0.15, 0.2) is 0 Å². The molecule has 0 aliphatic rings. The first-order valence-corrected chi connectivity index (χ1v) is 12.2. The van der Waals surface area contributed by atoms with Gasteiger partial charge in [0.05, 0.1) is 24.6 Å². The van der Waals surface area contributed by atoms with Crippen molar-refractivity contribution in [3.8, 4) is 0 Å². The Morgan fingerprint density at radius 2 is 1.23 bits per heavy atom. The molecule has 0 aromatic rings. The van der Waals surface area contributed by atoms with Crippen LogP contribution in [0.15, 0.2) is 5.16 Å². The highest BCUT2D eigenvalue weighted by molar-refractivity contribution is 7.55. The van der Waals surface area contributed by atoms with Crippen molar-refractivity contribution >= 4 is 13.3 Å². The van der Waals surface area contributed by atoms with Gasteiger partial charge >= 0.3 is 7.60 Å². The molecule has 0 aliphatic heterocycles. The second-order valence-electron chi connectivity index (χ2n) is 7.16. The van der Waals surface area contributed by atoms with Crippen LogP contribution in [0.4, 0.5) is 0 Å². The van der Waals surface area contributed by atoms with E-state index in [4.69, 9.17) is 14.3 Å². The minimum atomic E-state index is -3.30. The highest BCUT2D eigenvalue weighted by Crippen LogP contribution is 2.53. The van der Waals surface area contributed by atoms with Gasteiger partial charge in [0.1, 0.15) is 0 Å². The molecule has 0 saturated carbocycles. The van der Waals surface area contributed by atoms with Crippen molar-refractivity contribution in [2.24, 2.45) is 5.16 Å². The fraction of sp³-hybridized carbons (Fsp3) is 0.950. The van der Waals surface area contributed by atoms with E-state index in [0.29, 0.717) is 18.9 Å². The van der Waals surface area contributed by atoms with E-state index in [1.807, 2.05) is 0 Å². The molecule has 1 N–H and O–H groups in total. The van der Waals surface area contributed by atoms with Crippen molar-refractivity contribution in [3.05, 3.63) is 0 Å². The summed E-state index contributed by atoms with van der Waals surface area (Å²) in [5.41, 5.74) is -0.132. The van der Waals surface area contributed by atoms with E-state index in [0.717, 1.165) is 25.7 Å². The highest BCUT2D eigenvalue weighted by Gasteiger charge is 2.34. The Balaban J connectivity index is 4.29.